The normalized spacial score (nSPS) is 11.9. The quantitative estimate of drug-likeness (QED) is 0.125. The van der Waals surface area contributed by atoms with Crippen molar-refractivity contribution in [3.05, 3.63) is 106 Å². The molecule has 176 valence electrons. The number of amides is 1. The van der Waals surface area contributed by atoms with Gasteiger partial charge in [0.1, 0.15) is 11.5 Å². The van der Waals surface area contributed by atoms with Gasteiger partial charge >= 0.3 is 5.97 Å². The molecule has 35 heavy (non-hydrogen) atoms. The molecule has 0 saturated heterocycles. The van der Waals surface area contributed by atoms with Crippen LogP contribution in [-0.2, 0) is 4.79 Å². The number of nitrogens with one attached hydrogen (secondary N) is 1. The lowest BCUT2D eigenvalue weighted by Gasteiger charge is -2.14. The monoisotopic (exact) mass is 550 g/mol. The van der Waals surface area contributed by atoms with Gasteiger partial charge in [-0.1, -0.05) is 63.9 Å². The van der Waals surface area contributed by atoms with Crippen molar-refractivity contribution in [2.45, 2.75) is 13.0 Å². The molecule has 0 aliphatic heterocycles. The van der Waals surface area contributed by atoms with Gasteiger partial charge in [0.15, 0.2) is 6.10 Å². The topological polar surface area (TPSA) is 77.0 Å². The van der Waals surface area contributed by atoms with Crippen molar-refractivity contribution in [2.75, 3.05) is 0 Å². The highest BCUT2D eigenvalue weighted by molar-refractivity contribution is 9.10. The van der Waals surface area contributed by atoms with E-state index in [9.17, 15) is 9.59 Å². The molecular formula is C27H20BrClN2O4. The van der Waals surface area contributed by atoms with Crippen LogP contribution in [0.15, 0.2) is 94.5 Å². The highest BCUT2D eigenvalue weighted by Crippen LogP contribution is 2.26. The van der Waals surface area contributed by atoms with Crippen molar-refractivity contribution in [1.82, 2.24) is 5.43 Å². The molecule has 0 unspecified atom stereocenters. The van der Waals surface area contributed by atoms with E-state index in [1.807, 2.05) is 42.5 Å². The third-order valence-electron chi connectivity index (χ3n) is 5.06. The Morgan fingerprint density at radius 2 is 1.71 bits per heavy atom. The van der Waals surface area contributed by atoms with Gasteiger partial charge in [0.25, 0.3) is 5.91 Å². The first-order valence-electron chi connectivity index (χ1n) is 10.7. The van der Waals surface area contributed by atoms with Crippen LogP contribution in [0.4, 0.5) is 0 Å². The number of fused-ring (bicyclic) bond motifs is 1. The van der Waals surface area contributed by atoms with Crippen LogP contribution in [0.25, 0.3) is 10.8 Å². The summed E-state index contributed by atoms with van der Waals surface area (Å²) in [5.41, 5.74) is 3.32. The summed E-state index contributed by atoms with van der Waals surface area (Å²) in [6.45, 7) is 1.64. The Labute approximate surface area is 215 Å². The Kier molecular flexibility index (Phi) is 7.80. The van der Waals surface area contributed by atoms with Gasteiger partial charge in [-0.25, -0.2) is 10.2 Å². The van der Waals surface area contributed by atoms with Gasteiger partial charge in [0, 0.05) is 20.4 Å². The first-order chi connectivity index (χ1) is 16.9. The first kappa shape index (κ1) is 24.4. The number of rotatable bonds is 7. The summed E-state index contributed by atoms with van der Waals surface area (Å²) in [7, 11) is 0. The molecule has 0 saturated carbocycles. The SMILES string of the molecule is C[C@@H](Oc1cccc2ccccc12)C(=O)N/N=C\c1cc(Br)ccc1OC(=O)c1ccc(Cl)cc1. The fourth-order valence-electron chi connectivity index (χ4n) is 3.26. The molecule has 0 heterocycles. The third kappa shape index (κ3) is 6.26. The number of hydrogen-bond donors (Lipinski definition) is 1. The van der Waals surface area contributed by atoms with Crippen LogP contribution in [0, 0.1) is 0 Å². The summed E-state index contributed by atoms with van der Waals surface area (Å²) >= 11 is 9.27. The summed E-state index contributed by atoms with van der Waals surface area (Å²) in [5.74, 6) is -0.0759. The number of carbonyl (C=O) groups excluding carboxylic acids is 2. The molecule has 0 aromatic heterocycles. The lowest BCUT2D eigenvalue weighted by atomic mass is 10.1. The number of hydrogen-bond acceptors (Lipinski definition) is 5. The van der Waals surface area contributed by atoms with E-state index < -0.39 is 18.0 Å². The molecule has 0 bridgehead atoms. The third-order valence-corrected chi connectivity index (χ3v) is 5.80. The second kappa shape index (κ2) is 11.2. The molecule has 1 atom stereocenters. The Morgan fingerprint density at radius 3 is 2.51 bits per heavy atom. The van der Waals surface area contributed by atoms with Gasteiger partial charge in [-0.2, -0.15) is 5.10 Å². The zero-order valence-electron chi connectivity index (χ0n) is 18.6. The number of ether oxygens (including phenoxy) is 2. The first-order valence-corrected chi connectivity index (χ1v) is 11.8. The molecule has 1 amide bonds. The Balaban J connectivity index is 1.42. The highest BCUT2D eigenvalue weighted by atomic mass is 79.9. The second-order valence-electron chi connectivity index (χ2n) is 7.55. The minimum absolute atomic E-state index is 0.284. The summed E-state index contributed by atoms with van der Waals surface area (Å²) in [6, 6.07) is 24.9. The number of hydrazone groups is 1. The molecule has 6 nitrogen and oxygen atoms in total. The second-order valence-corrected chi connectivity index (χ2v) is 8.90. The van der Waals surface area contributed by atoms with Crippen LogP contribution < -0.4 is 14.9 Å². The van der Waals surface area contributed by atoms with E-state index in [-0.39, 0.29) is 5.75 Å². The van der Waals surface area contributed by atoms with Crippen LogP contribution in [-0.4, -0.2) is 24.2 Å². The van der Waals surface area contributed by atoms with Crippen LogP contribution in [0.3, 0.4) is 0 Å². The van der Waals surface area contributed by atoms with E-state index in [1.165, 1.54) is 6.21 Å². The number of benzene rings is 4. The van der Waals surface area contributed by atoms with Crippen LogP contribution in [0.5, 0.6) is 11.5 Å². The molecule has 0 radical (unpaired) electrons. The molecule has 0 spiro atoms. The molecule has 0 fully saturated rings. The van der Waals surface area contributed by atoms with Crippen molar-refractivity contribution in [2.24, 2.45) is 5.10 Å². The predicted molar refractivity (Wildman–Crippen MR) is 140 cm³/mol. The molecule has 4 aromatic carbocycles. The van der Waals surface area contributed by atoms with Crippen molar-refractivity contribution >= 4 is 56.4 Å². The van der Waals surface area contributed by atoms with Gasteiger partial charge in [0.05, 0.1) is 11.8 Å². The molecule has 0 aliphatic rings. The standard InChI is InChI=1S/C27H20BrClN2O4/c1-17(34-25-8-4-6-18-5-2-3-7-23(18)25)26(32)31-30-16-20-15-21(28)11-14-24(20)35-27(33)19-9-12-22(29)13-10-19/h2-17H,1H3,(H,31,32)/b30-16-/t17-/m1/s1. The average Bonchev–Trinajstić information content (AvgIpc) is 2.86. The van der Waals surface area contributed by atoms with E-state index in [0.717, 1.165) is 15.2 Å². The van der Waals surface area contributed by atoms with Crippen LogP contribution in [0.2, 0.25) is 5.02 Å². The lowest BCUT2D eigenvalue weighted by Crippen LogP contribution is -2.33. The summed E-state index contributed by atoms with van der Waals surface area (Å²) < 4.78 is 12.1. The maximum absolute atomic E-state index is 12.6. The largest absolute Gasteiger partial charge is 0.480 e. The van der Waals surface area contributed by atoms with Gasteiger partial charge in [-0.3, -0.25) is 4.79 Å². The number of carbonyl (C=O) groups is 2. The molecule has 8 heteroatoms. The Morgan fingerprint density at radius 1 is 0.971 bits per heavy atom. The van der Waals surface area contributed by atoms with Crippen molar-refractivity contribution in [3.8, 4) is 11.5 Å². The number of esters is 1. The molecule has 4 rings (SSSR count). The van der Waals surface area contributed by atoms with E-state index >= 15 is 0 Å². The van der Waals surface area contributed by atoms with Crippen molar-refractivity contribution in [3.63, 3.8) is 0 Å². The number of halogens is 2. The van der Waals surface area contributed by atoms with Gasteiger partial charge < -0.3 is 9.47 Å². The summed E-state index contributed by atoms with van der Waals surface area (Å²) in [6.07, 6.45) is 0.611. The van der Waals surface area contributed by atoms with Crippen molar-refractivity contribution < 1.29 is 19.1 Å². The summed E-state index contributed by atoms with van der Waals surface area (Å²) in [4.78, 5) is 25.1. The number of nitrogens with zero attached hydrogens (tertiary/aromatic N) is 1. The average molecular weight is 552 g/mol. The lowest BCUT2D eigenvalue weighted by molar-refractivity contribution is -0.127. The molecule has 1 N–H and O–H groups in total. The smallest absolute Gasteiger partial charge is 0.343 e. The summed E-state index contributed by atoms with van der Waals surface area (Å²) in [5, 5.41) is 6.48. The van der Waals surface area contributed by atoms with E-state index in [4.69, 9.17) is 21.1 Å². The van der Waals surface area contributed by atoms with Gasteiger partial charge in [-0.15, -0.1) is 0 Å². The minimum atomic E-state index is -0.789. The van der Waals surface area contributed by atoms with Crippen LogP contribution in [0.1, 0.15) is 22.8 Å². The van der Waals surface area contributed by atoms with E-state index in [1.54, 1.807) is 49.4 Å². The Bertz CT molecular complexity index is 1400. The maximum atomic E-state index is 12.6. The maximum Gasteiger partial charge on any atom is 0.343 e. The highest BCUT2D eigenvalue weighted by Gasteiger charge is 2.16. The fourth-order valence-corrected chi connectivity index (χ4v) is 3.76. The van der Waals surface area contributed by atoms with Gasteiger partial charge in [0.2, 0.25) is 0 Å². The van der Waals surface area contributed by atoms with Gasteiger partial charge in [-0.05, 0) is 60.8 Å². The zero-order valence-corrected chi connectivity index (χ0v) is 20.9. The molecule has 0 aliphatic carbocycles. The predicted octanol–water partition coefficient (Wildman–Crippen LogP) is 6.39. The van der Waals surface area contributed by atoms with E-state index in [0.29, 0.717) is 21.9 Å². The van der Waals surface area contributed by atoms with Crippen molar-refractivity contribution in [1.29, 1.82) is 0 Å². The Hall–Kier alpha value is -3.68. The minimum Gasteiger partial charge on any atom is -0.480 e. The molecule has 4 aromatic rings. The van der Waals surface area contributed by atoms with E-state index in [2.05, 4.69) is 26.5 Å². The van der Waals surface area contributed by atoms with Crippen LogP contribution >= 0.6 is 27.5 Å². The fraction of sp³-hybridized carbons (Fsp3) is 0.0741. The molecular weight excluding hydrogens is 532 g/mol. The zero-order chi connectivity index (χ0) is 24.8.